The van der Waals surface area contributed by atoms with Crippen molar-refractivity contribution in [3.8, 4) is 28.7 Å². The number of benzene rings is 3. The maximum Gasteiger partial charge on any atom is 0.268 e. The Balaban J connectivity index is 1.53. The van der Waals surface area contributed by atoms with E-state index in [1.54, 1.807) is 6.07 Å². The van der Waals surface area contributed by atoms with Crippen LogP contribution < -0.4 is 0 Å². The van der Waals surface area contributed by atoms with Gasteiger partial charge in [-0.25, -0.2) is 4.98 Å². The van der Waals surface area contributed by atoms with Crippen molar-refractivity contribution in [2.24, 2.45) is 0 Å². The minimum absolute atomic E-state index is 0.308. The van der Waals surface area contributed by atoms with Crippen molar-refractivity contribution in [3.63, 3.8) is 0 Å². The molecular weight excluding hydrogens is 619 g/mol. The van der Waals surface area contributed by atoms with Gasteiger partial charge in [0, 0.05) is 25.8 Å². The highest BCUT2D eigenvalue weighted by Crippen LogP contribution is 2.49. The molecule has 1 saturated carbocycles. The molecule has 0 atom stereocenters. The van der Waals surface area contributed by atoms with Crippen LogP contribution >= 0.6 is 50.7 Å². The largest absolute Gasteiger partial charge is 0.418 e. The first-order chi connectivity index (χ1) is 18.9. The predicted octanol–water partition coefficient (Wildman–Crippen LogP) is 9.73. The van der Waals surface area contributed by atoms with Crippen LogP contribution in [0.4, 0.5) is 0 Å². The molecule has 1 fully saturated rings. The van der Waals surface area contributed by atoms with Gasteiger partial charge in [-0.2, -0.15) is 0 Å². The molecule has 9 heteroatoms. The first-order valence-electron chi connectivity index (χ1n) is 12.8. The van der Waals surface area contributed by atoms with Gasteiger partial charge in [0.2, 0.25) is 5.89 Å². The molecule has 1 aliphatic rings. The van der Waals surface area contributed by atoms with Crippen LogP contribution in [0, 0.1) is 0 Å². The number of halogens is 4. The molecule has 0 unspecified atom stereocenters. The topological polar surface area (TPSA) is 56.7 Å². The average molecular weight is 643 g/mol. The molecule has 0 saturated heterocycles. The predicted molar refractivity (Wildman–Crippen MR) is 160 cm³/mol. The van der Waals surface area contributed by atoms with Gasteiger partial charge in [0.1, 0.15) is 11.5 Å². The molecule has 5 aromatic rings. The minimum Gasteiger partial charge on any atom is -0.418 e. The summed E-state index contributed by atoms with van der Waals surface area (Å²) in [6.45, 7) is 2.14. The van der Waals surface area contributed by atoms with Crippen LogP contribution in [0.2, 0.25) is 15.1 Å². The third-order valence-electron chi connectivity index (χ3n) is 7.36. The fourth-order valence-electron chi connectivity index (χ4n) is 5.25. The summed E-state index contributed by atoms with van der Waals surface area (Å²) in [6.07, 6.45) is 4.63. The van der Waals surface area contributed by atoms with Crippen molar-refractivity contribution in [1.29, 1.82) is 0 Å². The Labute approximate surface area is 250 Å². The van der Waals surface area contributed by atoms with E-state index in [9.17, 15) is 0 Å². The van der Waals surface area contributed by atoms with Crippen LogP contribution in [0.5, 0.6) is 0 Å². The van der Waals surface area contributed by atoms with E-state index in [1.807, 2.05) is 48.5 Å². The number of hydrogen-bond acceptors (Lipinski definition) is 4. The number of aromatic nitrogens is 4. The lowest BCUT2D eigenvalue weighted by molar-refractivity contribution is 0.241. The molecule has 0 N–H and O–H groups in total. The highest BCUT2D eigenvalue weighted by molar-refractivity contribution is 9.10. The third kappa shape index (κ3) is 4.82. The molecule has 0 bridgehead atoms. The Hall–Kier alpha value is -2.64. The maximum absolute atomic E-state index is 6.70. The Bertz CT molecular complexity index is 1640. The Morgan fingerprint density at radius 3 is 2.28 bits per heavy atom. The first kappa shape index (κ1) is 26.6. The summed E-state index contributed by atoms with van der Waals surface area (Å²) in [6, 6.07) is 21.5. The zero-order chi connectivity index (χ0) is 27.1. The van der Waals surface area contributed by atoms with E-state index in [0.717, 1.165) is 59.1 Å². The lowest BCUT2D eigenvalue weighted by atomic mass is 9.64. The molecule has 0 aliphatic heterocycles. The summed E-state index contributed by atoms with van der Waals surface area (Å²) < 4.78 is 9.58. The van der Waals surface area contributed by atoms with E-state index >= 15 is 0 Å². The quantitative estimate of drug-likeness (QED) is 0.177. The van der Waals surface area contributed by atoms with Crippen LogP contribution in [0.25, 0.3) is 28.7 Å². The number of nitrogens with zero attached hydrogens (tertiary/aromatic N) is 4. The lowest BCUT2D eigenvalue weighted by Crippen LogP contribution is -2.35. The van der Waals surface area contributed by atoms with E-state index in [-0.39, 0.29) is 5.41 Å². The van der Waals surface area contributed by atoms with Gasteiger partial charge in [-0.1, -0.05) is 82.6 Å². The summed E-state index contributed by atoms with van der Waals surface area (Å²) in [5.41, 5.74) is 4.19. The monoisotopic (exact) mass is 640 g/mol. The normalized spacial score (nSPS) is 14.4. The summed E-state index contributed by atoms with van der Waals surface area (Å²) in [5.74, 6) is 1.70. The molecule has 198 valence electrons. The minimum atomic E-state index is -0.308. The highest BCUT2D eigenvalue weighted by Gasteiger charge is 2.45. The zero-order valence-electron chi connectivity index (χ0n) is 21.1. The molecule has 0 amide bonds. The van der Waals surface area contributed by atoms with Crippen molar-refractivity contribution in [3.05, 3.63) is 103 Å². The third-order valence-corrected chi connectivity index (χ3v) is 8.69. The van der Waals surface area contributed by atoms with Gasteiger partial charge in [-0.05, 0) is 79.4 Å². The van der Waals surface area contributed by atoms with E-state index in [0.29, 0.717) is 38.4 Å². The van der Waals surface area contributed by atoms with E-state index in [2.05, 4.69) is 49.8 Å². The van der Waals surface area contributed by atoms with Gasteiger partial charge < -0.3 is 4.42 Å². The van der Waals surface area contributed by atoms with Gasteiger partial charge >= 0.3 is 0 Å². The van der Waals surface area contributed by atoms with Crippen LogP contribution in [0.1, 0.15) is 49.8 Å². The summed E-state index contributed by atoms with van der Waals surface area (Å²) in [7, 11) is 0. The molecule has 1 aliphatic carbocycles. The summed E-state index contributed by atoms with van der Waals surface area (Å²) in [4.78, 5) is 5.09. The summed E-state index contributed by atoms with van der Waals surface area (Å²) >= 11 is 22.6. The maximum atomic E-state index is 6.70. The van der Waals surface area contributed by atoms with Crippen molar-refractivity contribution in [1.82, 2.24) is 19.7 Å². The second-order valence-electron chi connectivity index (χ2n) is 9.77. The number of imidazole rings is 1. The van der Waals surface area contributed by atoms with Crippen molar-refractivity contribution in [2.75, 3.05) is 0 Å². The molecule has 0 spiro atoms. The van der Waals surface area contributed by atoms with Gasteiger partial charge in [0.25, 0.3) is 5.89 Å². The second-order valence-corrected chi connectivity index (χ2v) is 12.0. The van der Waals surface area contributed by atoms with E-state index < -0.39 is 0 Å². The molecule has 2 aromatic heterocycles. The van der Waals surface area contributed by atoms with Crippen LogP contribution in [-0.2, 0) is 11.8 Å². The Morgan fingerprint density at radius 2 is 1.64 bits per heavy atom. The number of hydrogen-bond donors (Lipinski definition) is 0. The Kier molecular flexibility index (Phi) is 7.32. The SMILES string of the molecule is CCCc1c(-c2nnc(C3(c4ccc(Cl)cc4)CCC3)o2)nc(-c2ccc(Cl)cc2Cl)n1-c1ccc(Br)cc1. The molecule has 2 heterocycles. The number of rotatable bonds is 7. The molecule has 5 nitrogen and oxygen atoms in total. The average Bonchev–Trinajstić information content (AvgIpc) is 3.51. The highest BCUT2D eigenvalue weighted by atomic mass is 79.9. The van der Waals surface area contributed by atoms with Gasteiger partial charge in [0.05, 0.1) is 16.1 Å². The van der Waals surface area contributed by atoms with Crippen molar-refractivity contribution in [2.45, 2.75) is 44.4 Å². The fourth-order valence-corrected chi connectivity index (χ4v) is 6.13. The van der Waals surface area contributed by atoms with E-state index in [1.165, 1.54) is 0 Å². The fraction of sp³-hybridized carbons (Fsp3) is 0.233. The van der Waals surface area contributed by atoms with Gasteiger partial charge in [-0.3, -0.25) is 4.57 Å². The van der Waals surface area contributed by atoms with Crippen LogP contribution in [-0.4, -0.2) is 19.7 Å². The van der Waals surface area contributed by atoms with Crippen LogP contribution in [0.3, 0.4) is 0 Å². The smallest absolute Gasteiger partial charge is 0.268 e. The molecule has 39 heavy (non-hydrogen) atoms. The van der Waals surface area contributed by atoms with Gasteiger partial charge in [-0.15, -0.1) is 10.2 Å². The molecular formula is C30H24BrCl3N4O. The zero-order valence-corrected chi connectivity index (χ0v) is 24.9. The molecule has 3 aromatic carbocycles. The first-order valence-corrected chi connectivity index (χ1v) is 14.8. The van der Waals surface area contributed by atoms with E-state index in [4.69, 9.17) is 44.2 Å². The summed E-state index contributed by atoms with van der Waals surface area (Å²) in [5, 5.41) is 10.9. The Morgan fingerprint density at radius 1 is 0.923 bits per heavy atom. The second kappa shape index (κ2) is 10.7. The molecule has 6 rings (SSSR count). The lowest BCUT2D eigenvalue weighted by Gasteiger charge is -2.39. The van der Waals surface area contributed by atoms with Crippen molar-refractivity contribution < 1.29 is 4.42 Å². The molecule has 0 radical (unpaired) electrons. The van der Waals surface area contributed by atoms with Gasteiger partial charge in [0.15, 0.2) is 0 Å². The van der Waals surface area contributed by atoms with Crippen molar-refractivity contribution >= 4 is 50.7 Å². The standard InChI is InChI=1S/C30H24BrCl3N4O/c1-2-4-25-26(28-36-37-29(39-28)30(15-3-16-30)18-5-9-20(32)10-6-18)35-27(23-14-11-21(33)17-24(23)34)38(25)22-12-7-19(31)8-13-22/h5-14,17H,2-4,15-16H2,1H3. The van der Waals surface area contributed by atoms with Crippen LogP contribution in [0.15, 0.2) is 75.6 Å².